The van der Waals surface area contributed by atoms with Crippen molar-refractivity contribution in [2.75, 3.05) is 13.1 Å². The fourth-order valence-electron chi connectivity index (χ4n) is 1.85. The SMILES string of the molecule is Cc1cc(C(C)(C)CNCC(C)(C)O)ccc1F. The quantitative estimate of drug-likeness (QED) is 0.845. The molecule has 0 fully saturated rings. The smallest absolute Gasteiger partial charge is 0.126 e. The van der Waals surface area contributed by atoms with Crippen molar-refractivity contribution in [2.45, 2.75) is 45.6 Å². The summed E-state index contributed by atoms with van der Waals surface area (Å²) in [6.07, 6.45) is 0. The zero-order valence-electron chi connectivity index (χ0n) is 12.0. The molecule has 0 aliphatic carbocycles. The van der Waals surface area contributed by atoms with Crippen LogP contribution in [-0.4, -0.2) is 23.8 Å². The Hall–Kier alpha value is -0.930. The fraction of sp³-hybridized carbons (Fsp3) is 0.600. The molecule has 1 aromatic carbocycles. The van der Waals surface area contributed by atoms with Crippen LogP contribution in [0.25, 0.3) is 0 Å². The first-order valence-electron chi connectivity index (χ1n) is 6.31. The zero-order valence-corrected chi connectivity index (χ0v) is 12.0. The molecule has 0 heterocycles. The standard InChI is InChI=1S/C15H24FNO/c1-11-8-12(6-7-13(11)16)14(2,3)9-17-10-15(4,5)18/h6-8,17-18H,9-10H2,1-5H3. The van der Waals surface area contributed by atoms with Crippen LogP contribution in [0.1, 0.15) is 38.8 Å². The topological polar surface area (TPSA) is 32.3 Å². The van der Waals surface area contributed by atoms with Gasteiger partial charge in [-0.2, -0.15) is 0 Å². The van der Waals surface area contributed by atoms with Crippen LogP contribution in [0.3, 0.4) is 0 Å². The lowest BCUT2D eigenvalue weighted by Gasteiger charge is -2.28. The molecule has 18 heavy (non-hydrogen) atoms. The molecule has 0 saturated heterocycles. The summed E-state index contributed by atoms with van der Waals surface area (Å²) >= 11 is 0. The predicted octanol–water partition coefficient (Wildman–Crippen LogP) is 2.77. The van der Waals surface area contributed by atoms with Crippen molar-refractivity contribution in [3.63, 3.8) is 0 Å². The molecule has 3 heteroatoms. The summed E-state index contributed by atoms with van der Waals surface area (Å²) in [7, 11) is 0. The van der Waals surface area contributed by atoms with Crippen molar-refractivity contribution in [1.29, 1.82) is 0 Å². The third kappa shape index (κ3) is 4.39. The van der Waals surface area contributed by atoms with E-state index in [0.29, 0.717) is 12.1 Å². The van der Waals surface area contributed by atoms with Gasteiger partial charge in [0, 0.05) is 18.5 Å². The molecule has 0 aromatic heterocycles. The van der Waals surface area contributed by atoms with Gasteiger partial charge in [0.05, 0.1) is 5.60 Å². The van der Waals surface area contributed by atoms with Crippen LogP contribution >= 0.6 is 0 Å². The Labute approximate surface area is 109 Å². The van der Waals surface area contributed by atoms with E-state index in [0.717, 1.165) is 12.1 Å². The third-order valence-electron chi connectivity index (χ3n) is 3.06. The molecule has 0 aliphatic heterocycles. The van der Waals surface area contributed by atoms with Gasteiger partial charge in [-0.1, -0.05) is 26.0 Å². The van der Waals surface area contributed by atoms with Crippen LogP contribution in [0.4, 0.5) is 4.39 Å². The van der Waals surface area contributed by atoms with Gasteiger partial charge in [0.2, 0.25) is 0 Å². The molecule has 2 nitrogen and oxygen atoms in total. The molecule has 0 saturated carbocycles. The average molecular weight is 253 g/mol. The Bertz CT molecular complexity index is 407. The Kier molecular flexibility index (Phi) is 4.51. The van der Waals surface area contributed by atoms with Gasteiger partial charge in [-0.3, -0.25) is 0 Å². The normalized spacial score (nSPS) is 12.8. The van der Waals surface area contributed by atoms with Crippen LogP contribution < -0.4 is 5.32 Å². The van der Waals surface area contributed by atoms with E-state index < -0.39 is 5.60 Å². The first kappa shape index (κ1) is 15.1. The van der Waals surface area contributed by atoms with E-state index >= 15 is 0 Å². The van der Waals surface area contributed by atoms with E-state index in [2.05, 4.69) is 19.2 Å². The number of nitrogens with one attached hydrogen (secondary N) is 1. The Morgan fingerprint density at radius 3 is 2.28 bits per heavy atom. The molecule has 0 aliphatic rings. The highest BCUT2D eigenvalue weighted by Gasteiger charge is 2.22. The summed E-state index contributed by atoms with van der Waals surface area (Å²) in [6, 6.07) is 5.23. The van der Waals surface area contributed by atoms with Crippen molar-refractivity contribution in [3.8, 4) is 0 Å². The van der Waals surface area contributed by atoms with Crippen molar-refractivity contribution in [1.82, 2.24) is 5.32 Å². The van der Waals surface area contributed by atoms with Gasteiger partial charge in [-0.15, -0.1) is 0 Å². The maximum atomic E-state index is 13.2. The van der Waals surface area contributed by atoms with Crippen molar-refractivity contribution >= 4 is 0 Å². The monoisotopic (exact) mass is 253 g/mol. The first-order valence-corrected chi connectivity index (χ1v) is 6.31. The van der Waals surface area contributed by atoms with Crippen molar-refractivity contribution < 1.29 is 9.50 Å². The Morgan fingerprint density at radius 1 is 1.17 bits per heavy atom. The van der Waals surface area contributed by atoms with E-state index in [1.54, 1.807) is 20.8 Å². The third-order valence-corrected chi connectivity index (χ3v) is 3.06. The lowest BCUT2D eigenvalue weighted by molar-refractivity contribution is 0.0785. The van der Waals surface area contributed by atoms with Crippen LogP contribution in [0, 0.1) is 12.7 Å². The first-order chi connectivity index (χ1) is 8.12. The zero-order chi connectivity index (χ0) is 14.0. The Morgan fingerprint density at radius 2 is 1.78 bits per heavy atom. The van der Waals surface area contributed by atoms with Crippen molar-refractivity contribution in [2.24, 2.45) is 0 Å². The van der Waals surface area contributed by atoms with Crippen LogP contribution in [-0.2, 0) is 5.41 Å². The lowest BCUT2D eigenvalue weighted by atomic mass is 9.83. The molecule has 1 aromatic rings. The number of hydrogen-bond acceptors (Lipinski definition) is 2. The molecule has 0 atom stereocenters. The number of rotatable bonds is 5. The molecular weight excluding hydrogens is 229 g/mol. The second-order valence-electron chi connectivity index (χ2n) is 6.26. The summed E-state index contributed by atoms with van der Waals surface area (Å²) in [5.41, 5.74) is 0.964. The molecule has 102 valence electrons. The summed E-state index contributed by atoms with van der Waals surface area (Å²) in [5, 5.41) is 12.9. The van der Waals surface area contributed by atoms with E-state index in [1.165, 1.54) is 6.07 Å². The van der Waals surface area contributed by atoms with Gasteiger partial charge in [-0.05, 0) is 38.0 Å². The Balaban J connectivity index is 2.70. The summed E-state index contributed by atoms with van der Waals surface area (Å²) in [5.74, 6) is -0.168. The minimum Gasteiger partial charge on any atom is -0.389 e. The van der Waals surface area contributed by atoms with E-state index in [1.807, 2.05) is 12.1 Å². The highest BCUT2D eigenvalue weighted by molar-refractivity contribution is 5.29. The number of aryl methyl sites for hydroxylation is 1. The summed E-state index contributed by atoms with van der Waals surface area (Å²) in [4.78, 5) is 0. The van der Waals surface area contributed by atoms with Crippen molar-refractivity contribution in [3.05, 3.63) is 35.1 Å². The molecule has 0 radical (unpaired) electrons. The van der Waals surface area contributed by atoms with Crippen LogP contribution in [0.15, 0.2) is 18.2 Å². The molecule has 1 rings (SSSR count). The van der Waals surface area contributed by atoms with Crippen LogP contribution in [0.2, 0.25) is 0 Å². The number of halogens is 1. The van der Waals surface area contributed by atoms with Gasteiger partial charge in [0.1, 0.15) is 5.82 Å². The van der Waals surface area contributed by atoms with E-state index in [-0.39, 0.29) is 11.2 Å². The molecule has 0 amide bonds. The maximum absolute atomic E-state index is 13.2. The molecule has 0 spiro atoms. The highest BCUT2D eigenvalue weighted by Crippen LogP contribution is 2.24. The fourth-order valence-corrected chi connectivity index (χ4v) is 1.85. The highest BCUT2D eigenvalue weighted by atomic mass is 19.1. The molecular formula is C15H24FNO. The van der Waals surface area contributed by atoms with Crippen LogP contribution in [0.5, 0.6) is 0 Å². The minimum absolute atomic E-state index is 0.0935. The maximum Gasteiger partial charge on any atom is 0.126 e. The van der Waals surface area contributed by atoms with Gasteiger partial charge in [-0.25, -0.2) is 4.39 Å². The molecule has 2 N–H and O–H groups in total. The van der Waals surface area contributed by atoms with Gasteiger partial charge >= 0.3 is 0 Å². The van der Waals surface area contributed by atoms with E-state index in [4.69, 9.17) is 0 Å². The number of hydrogen-bond donors (Lipinski definition) is 2. The van der Waals surface area contributed by atoms with E-state index in [9.17, 15) is 9.50 Å². The lowest BCUT2D eigenvalue weighted by Crippen LogP contribution is -2.41. The van der Waals surface area contributed by atoms with Gasteiger partial charge in [0.15, 0.2) is 0 Å². The average Bonchev–Trinajstić information content (AvgIpc) is 2.19. The second kappa shape index (κ2) is 5.37. The van der Waals surface area contributed by atoms with Gasteiger partial charge < -0.3 is 10.4 Å². The largest absolute Gasteiger partial charge is 0.389 e. The number of aliphatic hydroxyl groups is 1. The summed E-state index contributed by atoms with van der Waals surface area (Å²) < 4.78 is 13.2. The summed E-state index contributed by atoms with van der Waals surface area (Å²) in [6.45, 7) is 10.8. The molecule has 0 unspecified atom stereocenters. The van der Waals surface area contributed by atoms with Gasteiger partial charge in [0.25, 0.3) is 0 Å². The second-order valence-corrected chi connectivity index (χ2v) is 6.26. The number of benzene rings is 1. The molecule has 0 bridgehead atoms. The minimum atomic E-state index is -0.713. The predicted molar refractivity (Wildman–Crippen MR) is 73.3 cm³/mol.